The van der Waals surface area contributed by atoms with E-state index in [1.807, 2.05) is 27.7 Å². The van der Waals surface area contributed by atoms with Gasteiger partial charge in [0.15, 0.2) is 43.5 Å². The van der Waals surface area contributed by atoms with E-state index in [1.54, 1.807) is 33.8 Å². The SMILES string of the molecule is C/C=C(/C)C(=O)O[C@H]1C(C)O[C@@H](OC2C(OC(C)=O)C3(CO)C(O)CC4(C)C(=CCC5C6(C)CC[C@@H](OC7OC(C(=O)O)C(O)C(OC8OC(CO)C(O)C8O)C7OC7OC(CO)C(O)C(O)C7O)C(C)(C)C6CCC54C)C3CC2(C)C)C(O)[C@@H]1OC(=O)/C(C)=C\C. The van der Waals surface area contributed by atoms with E-state index in [4.69, 9.17) is 52.1 Å². The van der Waals surface area contributed by atoms with Crippen molar-refractivity contribution in [3.05, 3.63) is 34.9 Å². The fraction of sp³-hybridized carbons (Fsp3) is 0.846. The second kappa shape index (κ2) is 27.0. The Hall–Kier alpha value is -3.66. The normalized spacial score (nSPS) is 48.4. The smallest absolute Gasteiger partial charge is 0.335 e. The Morgan fingerprint density at radius 1 is 0.587 bits per heavy atom. The number of rotatable bonds is 17. The van der Waals surface area contributed by atoms with Crippen molar-refractivity contribution in [3.63, 3.8) is 0 Å². The number of hydrogen-bond acceptors (Lipinski definition) is 26. The summed E-state index contributed by atoms with van der Waals surface area (Å²) in [6.45, 7) is 21.5. The molecular formula is C65H100O27. The summed E-state index contributed by atoms with van der Waals surface area (Å²) in [7, 11) is 0. The molecule has 27 nitrogen and oxygen atoms in total. The van der Waals surface area contributed by atoms with Gasteiger partial charge in [-0.15, -0.1) is 0 Å². The highest BCUT2D eigenvalue weighted by Crippen LogP contribution is 2.76. The highest BCUT2D eigenvalue weighted by atomic mass is 16.8. The van der Waals surface area contributed by atoms with Gasteiger partial charge in [-0.25, -0.2) is 14.4 Å². The van der Waals surface area contributed by atoms with Crippen LogP contribution in [0.5, 0.6) is 0 Å². The Morgan fingerprint density at radius 3 is 1.70 bits per heavy atom. The van der Waals surface area contributed by atoms with Crippen LogP contribution in [0.1, 0.15) is 135 Å². The van der Waals surface area contributed by atoms with E-state index in [-0.39, 0.29) is 35.8 Å². The van der Waals surface area contributed by atoms with Crippen molar-refractivity contribution >= 4 is 23.9 Å². The van der Waals surface area contributed by atoms with Gasteiger partial charge in [0.05, 0.1) is 43.5 Å². The van der Waals surface area contributed by atoms with Crippen molar-refractivity contribution in [3.8, 4) is 0 Å². The summed E-state index contributed by atoms with van der Waals surface area (Å²) in [5.74, 6) is -4.65. The second-order valence-corrected chi connectivity index (χ2v) is 29.3. The van der Waals surface area contributed by atoms with E-state index in [1.165, 1.54) is 19.9 Å². The van der Waals surface area contributed by atoms with E-state index in [0.29, 0.717) is 32.1 Å². The molecule has 5 aliphatic carbocycles. The summed E-state index contributed by atoms with van der Waals surface area (Å²) in [6.07, 6.45) is -28.8. The number of ether oxygens (including phenoxy) is 11. The molecule has 0 amide bonds. The summed E-state index contributed by atoms with van der Waals surface area (Å²) in [5.41, 5.74) is -3.55. The second-order valence-electron chi connectivity index (χ2n) is 29.3. The molecule has 4 saturated heterocycles. The van der Waals surface area contributed by atoms with Crippen LogP contribution in [0.15, 0.2) is 34.9 Å². The number of carboxylic acids is 1. The Bertz CT molecular complexity index is 2790. The molecule has 4 aliphatic heterocycles. The van der Waals surface area contributed by atoms with Gasteiger partial charge < -0.3 is 113 Å². The summed E-state index contributed by atoms with van der Waals surface area (Å²) in [6, 6.07) is 0. The maximum absolute atomic E-state index is 13.5. The molecule has 9 aliphatic rings. The van der Waals surface area contributed by atoms with Gasteiger partial charge >= 0.3 is 23.9 Å². The number of carbonyl (C=O) groups is 4. The number of allylic oxidation sites excluding steroid dienone is 4. The zero-order valence-electron chi connectivity index (χ0n) is 54.8. The summed E-state index contributed by atoms with van der Waals surface area (Å²) < 4.78 is 67.8. The van der Waals surface area contributed by atoms with Gasteiger partial charge in [-0.1, -0.05) is 72.3 Å². The quantitative estimate of drug-likeness (QED) is 0.0314. The van der Waals surface area contributed by atoms with Crippen LogP contribution in [0, 0.1) is 50.2 Å². The van der Waals surface area contributed by atoms with Gasteiger partial charge in [0, 0.05) is 18.1 Å². The Balaban J connectivity index is 1.01. The fourth-order valence-electron chi connectivity index (χ4n) is 17.9. The molecule has 0 aromatic rings. The van der Waals surface area contributed by atoms with Crippen LogP contribution in [0.25, 0.3) is 0 Å². The standard InChI is InChI=1S/C65H100O27/c1-14-27(3)54(80)87-46-29(5)82-58(45(77)48(46)88-55(81)28(4)15-2)92-51-52(83-30(6)69)65(26-68)32(22-60(51,7)8)31-16-17-36-62(11)20-19-38(61(9,10)35(62)18-21-63(36,12)64(31,13)23-37(65)70)86-59-50(91-57-43(75)41(73)39(71)33(24-66)84-57)47(44(76)49(90-59)53(78)79)89-56-42(74)40(72)34(25-67)85-56/h14-16,29,32-52,56-59,66-68,70-77H,17-26H2,1-13H3,(H,78,79)/b27-14-,28-15-/t29?,32?,33?,34?,35?,36?,37?,38-,39?,40?,41?,42?,43?,44?,45?,46+,47?,48+,49?,50?,51?,52?,56?,57?,58+,59?,62?,63?,64?,65?/m1/s1. The molecule has 8 fully saturated rings. The van der Waals surface area contributed by atoms with E-state index in [2.05, 4.69) is 26.8 Å². The molecule has 0 radical (unpaired) electrons. The fourth-order valence-corrected chi connectivity index (χ4v) is 17.9. The summed E-state index contributed by atoms with van der Waals surface area (Å²) >= 11 is 0. The molecule has 0 aromatic carbocycles. The Kier molecular flexibility index (Phi) is 21.3. The van der Waals surface area contributed by atoms with E-state index in [0.717, 1.165) is 5.57 Å². The first-order valence-electron chi connectivity index (χ1n) is 32.3. The first-order chi connectivity index (χ1) is 43.0. The lowest BCUT2D eigenvalue weighted by Crippen LogP contribution is -2.73. The number of aliphatic hydroxyl groups excluding tert-OH is 11. The first kappa shape index (κ1) is 72.6. The highest BCUT2D eigenvalue weighted by molar-refractivity contribution is 5.88. The van der Waals surface area contributed by atoms with Crippen molar-refractivity contribution in [2.45, 2.75) is 276 Å². The third kappa shape index (κ3) is 12.2. The van der Waals surface area contributed by atoms with Gasteiger partial charge in [0.2, 0.25) is 0 Å². The van der Waals surface area contributed by atoms with E-state index in [9.17, 15) is 80.5 Å². The third-order valence-corrected chi connectivity index (χ3v) is 23.6. The molecule has 0 aromatic heterocycles. The third-order valence-electron chi connectivity index (χ3n) is 23.6. The van der Waals surface area contributed by atoms with Crippen LogP contribution in [0.4, 0.5) is 0 Å². The number of aliphatic hydroxyl groups is 11. The molecule has 92 heavy (non-hydrogen) atoms. The van der Waals surface area contributed by atoms with Crippen LogP contribution >= 0.6 is 0 Å². The van der Waals surface area contributed by atoms with Crippen LogP contribution in [0.3, 0.4) is 0 Å². The lowest BCUT2D eigenvalue weighted by atomic mass is 9.33. The number of hydrogen-bond donors (Lipinski definition) is 12. The first-order valence-corrected chi connectivity index (χ1v) is 32.3. The molecule has 30 atom stereocenters. The van der Waals surface area contributed by atoms with Crippen LogP contribution in [-0.2, 0) is 71.3 Å². The molecule has 522 valence electrons. The molecule has 9 rings (SSSR count). The molecule has 4 heterocycles. The van der Waals surface area contributed by atoms with E-state index >= 15 is 0 Å². The van der Waals surface area contributed by atoms with Crippen molar-refractivity contribution in [1.82, 2.24) is 0 Å². The minimum atomic E-state index is -2.13. The summed E-state index contributed by atoms with van der Waals surface area (Å²) in [5, 5.41) is 134. The molecule has 26 unspecified atom stereocenters. The average molecular weight is 1310 g/mol. The minimum absolute atomic E-state index is 0.0439. The zero-order chi connectivity index (χ0) is 68.0. The van der Waals surface area contributed by atoms with Gasteiger partial charge in [-0.05, 0) is 124 Å². The van der Waals surface area contributed by atoms with Crippen molar-refractivity contribution in [2.24, 2.45) is 50.2 Å². The van der Waals surface area contributed by atoms with E-state index < -0.39 is 223 Å². The number of fused-ring (bicyclic) bond motifs is 7. The average Bonchev–Trinajstić information content (AvgIpc) is 0.715. The van der Waals surface area contributed by atoms with Gasteiger partial charge in [0.1, 0.15) is 79.4 Å². The van der Waals surface area contributed by atoms with Crippen LogP contribution < -0.4 is 0 Å². The van der Waals surface area contributed by atoms with Crippen molar-refractivity contribution < 1.29 is 133 Å². The lowest BCUT2D eigenvalue weighted by Gasteiger charge is -2.72. The maximum atomic E-state index is 13.5. The number of esters is 3. The predicted octanol–water partition coefficient (Wildman–Crippen LogP) is 0.715. The van der Waals surface area contributed by atoms with Crippen molar-refractivity contribution in [2.75, 3.05) is 19.8 Å². The topological polar surface area (TPSA) is 413 Å². The predicted molar refractivity (Wildman–Crippen MR) is 316 cm³/mol. The molecule has 27 heteroatoms. The minimum Gasteiger partial charge on any atom is -0.479 e. The number of carboxylic acid groups (broad SMARTS) is 1. The monoisotopic (exact) mass is 1310 g/mol. The number of aliphatic carboxylic acids is 1. The maximum Gasteiger partial charge on any atom is 0.335 e. The van der Waals surface area contributed by atoms with Gasteiger partial charge in [-0.2, -0.15) is 0 Å². The molecule has 0 bridgehead atoms. The molecule has 0 spiro atoms. The zero-order valence-corrected chi connectivity index (χ0v) is 54.8. The lowest BCUT2D eigenvalue weighted by molar-refractivity contribution is -0.386. The van der Waals surface area contributed by atoms with Gasteiger partial charge in [0.25, 0.3) is 0 Å². The van der Waals surface area contributed by atoms with Crippen LogP contribution in [-0.4, -0.2) is 246 Å². The molecule has 4 saturated carbocycles. The van der Waals surface area contributed by atoms with Gasteiger partial charge in [-0.3, -0.25) is 4.79 Å². The molecule has 12 N–H and O–H groups in total. The highest BCUT2D eigenvalue weighted by Gasteiger charge is 2.74. The summed E-state index contributed by atoms with van der Waals surface area (Å²) in [4.78, 5) is 53.0. The Morgan fingerprint density at radius 2 is 1.14 bits per heavy atom. The molecular weight excluding hydrogens is 1210 g/mol. The van der Waals surface area contributed by atoms with Crippen molar-refractivity contribution in [1.29, 1.82) is 0 Å². The Labute approximate surface area is 535 Å². The number of carbonyl (C=O) groups excluding carboxylic acids is 3. The largest absolute Gasteiger partial charge is 0.479 e. The van der Waals surface area contributed by atoms with Crippen LogP contribution in [0.2, 0.25) is 0 Å².